The van der Waals surface area contributed by atoms with E-state index in [1.54, 1.807) is 0 Å². The van der Waals surface area contributed by atoms with E-state index in [1.807, 2.05) is 48.5 Å². The fourth-order valence-electron chi connectivity index (χ4n) is 1.64. The lowest BCUT2D eigenvalue weighted by Gasteiger charge is -2.08. The molecule has 0 spiro atoms. The average Bonchev–Trinajstić information content (AvgIpc) is 2.41. The van der Waals surface area contributed by atoms with Crippen molar-refractivity contribution in [3.8, 4) is 0 Å². The summed E-state index contributed by atoms with van der Waals surface area (Å²) in [7, 11) is 0. The van der Waals surface area contributed by atoms with Crippen molar-refractivity contribution in [3.63, 3.8) is 0 Å². The number of ether oxygens (including phenoxy) is 1. The predicted octanol–water partition coefficient (Wildman–Crippen LogP) is 4.73. The van der Waals surface area contributed by atoms with E-state index in [4.69, 9.17) is 16.3 Å². The smallest absolute Gasteiger partial charge is 0.0717 e. The Hall–Kier alpha value is -1.03. The molecule has 1 N–H and O–H groups in total. The molecule has 0 saturated heterocycles. The highest BCUT2D eigenvalue weighted by atomic mass is 79.9. The number of hydrogen-bond donors (Lipinski definition) is 1. The Morgan fingerprint density at radius 2 is 1.89 bits per heavy atom. The van der Waals surface area contributed by atoms with Crippen LogP contribution in [-0.4, -0.2) is 13.2 Å². The second kappa shape index (κ2) is 7.53. The molecule has 0 aromatic heterocycles. The maximum Gasteiger partial charge on any atom is 0.0717 e. The topological polar surface area (TPSA) is 21.3 Å². The van der Waals surface area contributed by atoms with Gasteiger partial charge in [-0.15, -0.1) is 0 Å². The SMILES string of the molecule is Clc1ccc(COCCNc2cccc(Br)c2)cc1. The van der Waals surface area contributed by atoms with Crippen LogP contribution >= 0.6 is 27.5 Å². The van der Waals surface area contributed by atoms with E-state index < -0.39 is 0 Å². The summed E-state index contributed by atoms with van der Waals surface area (Å²) in [5, 5.41) is 4.05. The molecule has 2 rings (SSSR count). The molecule has 4 heteroatoms. The van der Waals surface area contributed by atoms with Crippen LogP contribution in [-0.2, 0) is 11.3 Å². The number of benzene rings is 2. The Bertz CT molecular complexity index is 516. The van der Waals surface area contributed by atoms with Crippen LogP contribution in [0.1, 0.15) is 5.56 Å². The van der Waals surface area contributed by atoms with Gasteiger partial charge in [0.2, 0.25) is 0 Å². The van der Waals surface area contributed by atoms with Crippen LogP contribution in [0.4, 0.5) is 5.69 Å². The van der Waals surface area contributed by atoms with Gasteiger partial charge in [0.15, 0.2) is 0 Å². The predicted molar refractivity (Wildman–Crippen MR) is 83.7 cm³/mol. The summed E-state index contributed by atoms with van der Waals surface area (Å²) in [6.07, 6.45) is 0. The fraction of sp³-hybridized carbons (Fsp3) is 0.200. The van der Waals surface area contributed by atoms with Crippen LogP contribution in [0.5, 0.6) is 0 Å². The number of halogens is 2. The highest BCUT2D eigenvalue weighted by molar-refractivity contribution is 9.10. The van der Waals surface area contributed by atoms with Gasteiger partial charge in [-0.25, -0.2) is 0 Å². The van der Waals surface area contributed by atoms with Crippen molar-refractivity contribution < 1.29 is 4.74 Å². The summed E-state index contributed by atoms with van der Waals surface area (Å²) >= 11 is 9.26. The molecule has 0 atom stereocenters. The summed E-state index contributed by atoms with van der Waals surface area (Å²) in [6, 6.07) is 15.8. The van der Waals surface area contributed by atoms with Gasteiger partial charge in [-0.05, 0) is 35.9 Å². The number of nitrogens with one attached hydrogen (secondary N) is 1. The molecule has 0 aliphatic rings. The maximum atomic E-state index is 5.82. The minimum absolute atomic E-state index is 0.608. The number of rotatable bonds is 6. The van der Waals surface area contributed by atoms with Gasteiger partial charge in [0.25, 0.3) is 0 Å². The summed E-state index contributed by atoms with van der Waals surface area (Å²) in [5.74, 6) is 0. The van der Waals surface area contributed by atoms with Gasteiger partial charge in [-0.3, -0.25) is 0 Å². The third-order valence-electron chi connectivity index (χ3n) is 2.58. The van der Waals surface area contributed by atoms with Crippen molar-refractivity contribution in [2.45, 2.75) is 6.61 Å². The lowest BCUT2D eigenvalue weighted by atomic mass is 10.2. The Kier molecular flexibility index (Phi) is 5.70. The van der Waals surface area contributed by atoms with E-state index >= 15 is 0 Å². The van der Waals surface area contributed by atoms with E-state index in [2.05, 4.69) is 21.2 Å². The fourth-order valence-corrected chi connectivity index (χ4v) is 2.16. The standard InChI is InChI=1S/C15H15BrClNO/c16-13-2-1-3-15(10-13)18-8-9-19-11-12-4-6-14(17)7-5-12/h1-7,10,18H,8-9,11H2. The van der Waals surface area contributed by atoms with Crippen molar-refractivity contribution in [1.29, 1.82) is 0 Å². The summed E-state index contributed by atoms with van der Waals surface area (Å²) in [5.41, 5.74) is 2.22. The molecule has 2 aromatic rings. The second-order valence-electron chi connectivity index (χ2n) is 4.12. The molecule has 0 aliphatic heterocycles. The average molecular weight is 341 g/mol. The molecule has 0 bridgehead atoms. The molecule has 0 amide bonds. The zero-order valence-corrected chi connectivity index (χ0v) is 12.7. The third kappa shape index (κ3) is 5.23. The summed E-state index contributed by atoms with van der Waals surface area (Å²) < 4.78 is 6.66. The minimum atomic E-state index is 0.608. The van der Waals surface area contributed by atoms with Crippen molar-refractivity contribution in [2.24, 2.45) is 0 Å². The second-order valence-corrected chi connectivity index (χ2v) is 5.47. The van der Waals surface area contributed by atoms with E-state index in [0.717, 1.165) is 27.3 Å². The molecular weight excluding hydrogens is 326 g/mol. The van der Waals surface area contributed by atoms with Gasteiger partial charge in [-0.1, -0.05) is 45.7 Å². The lowest BCUT2D eigenvalue weighted by Crippen LogP contribution is -2.09. The first-order valence-corrected chi connectivity index (χ1v) is 7.23. The molecular formula is C15H15BrClNO. The van der Waals surface area contributed by atoms with Crippen LogP contribution in [0, 0.1) is 0 Å². The largest absolute Gasteiger partial charge is 0.383 e. The quantitative estimate of drug-likeness (QED) is 0.768. The summed E-state index contributed by atoms with van der Waals surface area (Å²) in [4.78, 5) is 0. The highest BCUT2D eigenvalue weighted by Crippen LogP contribution is 2.15. The van der Waals surface area contributed by atoms with Crippen molar-refractivity contribution in [2.75, 3.05) is 18.5 Å². The monoisotopic (exact) mass is 339 g/mol. The molecule has 2 nitrogen and oxygen atoms in total. The first-order chi connectivity index (χ1) is 9.24. The Morgan fingerprint density at radius 3 is 2.63 bits per heavy atom. The molecule has 0 radical (unpaired) electrons. The van der Waals surface area contributed by atoms with Crippen molar-refractivity contribution >= 4 is 33.2 Å². The first kappa shape index (κ1) is 14.4. The molecule has 0 heterocycles. The maximum absolute atomic E-state index is 5.82. The van der Waals surface area contributed by atoms with Crippen LogP contribution in [0.2, 0.25) is 5.02 Å². The van der Waals surface area contributed by atoms with E-state index in [9.17, 15) is 0 Å². The van der Waals surface area contributed by atoms with Gasteiger partial charge in [0, 0.05) is 21.7 Å². The number of anilines is 1. The first-order valence-electron chi connectivity index (χ1n) is 6.06. The van der Waals surface area contributed by atoms with Gasteiger partial charge in [0.05, 0.1) is 13.2 Å². The zero-order valence-electron chi connectivity index (χ0n) is 10.4. The molecule has 0 unspecified atom stereocenters. The van der Waals surface area contributed by atoms with Gasteiger partial charge < -0.3 is 10.1 Å². The minimum Gasteiger partial charge on any atom is -0.383 e. The lowest BCUT2D eigenvalue weighted by molar-refractivity contribution is 0.130. The third-order valence-corrected chi connectivity index (χ3v) is 3.33. The van der Waals surface area contributed by atoms with Crippen LogP contribution in [0.25, 0.3) is 0 Å². The van der Waals surface area contributed by atoms with Crippen molar-refractivity contribution in [1.82, 2.24) is 0 Å². The molecule has 2 aromatic carbocycles. The normalized spacial score (nSPS) is 10.4. The molecule has 19 heavy (non-hydrogen) atoms. The van der Waals surface area contributed by atoms with Gasteiger partial charge >= 0.3 is 0 Å². The van der Waals surface area contributed by atoms with E-state index in [0.29, 0.717) is 13.2 Å². The molecule has 0 aliphatic carbocycles. The molecule has 100 valence electrons. The number of hydrogen-bond acceptors (Lipinski definition) is 2. The van der Waals surface area contributed by atoms with Crippen molar-refractivity contribution in [3.05, 3.63) is 63.6 Å². The summed E-state index contributed by atoms with van der Waals surface area (Å²) in [6.45, 7) is 2.05. The highest BCUT2D eigenvalue weighted by Gasteiger charge is 1.95. The van der Waals surface area contributed by atoms with Gasteiger partial charge in [0.1, 0.15) is 0 Å². The van der Waals surface area contributed by atoms with E-state index in [1.165, 1.54) is 0 Å². The molecule has 0 saturated carbocycles. The van der Waals surface area contributed by atoms with Gasteiger partial charge in [-0.2, -0.15) is 0 Å². The Morgan fingerprint density at radius 1 is 1.11 bits per heavy atom. The van der Waals surface area contributed by atoms with Crippen LogP contribution in [0.3, 0.4) is 0 Å². The zero-order chi connectivity index (χ0) is 13.5. The van der Waals surface area contributed by atoms with Crippen LogP contribution in [0.15, 0.2) is 53.0 Å². The Labute approximate surface area is 126 Å². The Balaban J connectivity index is 1.66. The molecule has 0 fully saturated rings. The van der Waals surface area contributed by atoms with E-state index in [-0.39, 0.29) is 0 Å². The van der Waals surface area contributed by atoms with Crippen LogP contribution < -0.4 is 5.32 Å².